The van der Waals surface area contributed by atoms with Crippen LogP contribution in [0.3, 0.4) is 0 Å². The predicted octanol–water partition coefficient (Wildman–Crippen LogP) is 4.73. The number of hydrogen-bond acceptors (Lipinski definition) is 5. The Kier molecular flexibility index (Phi) is 9.49. The van der Waals surface area contributed by atoms with Gasteiger partial charge >= 0.3 is 0 Å². The first-order chi connectivity index (χ1) is 15.7. The van der Waals surface area contributed by atoms with Crippen LogP contribution in [-0.4, -0.2) is 42.5 Å². The molecule has 0 saturated carbocycles. The van der Waals surface area contributed by atoms with E-state index in [2.05, 4.69) is 25.5 Å². The summed E-state index contributed by atoms with van der Waals surface area (Å²) in [5, 5.41) is 6.73. The maximum Gasteiger partial charge on any atom is 0.219 e. The molecule has 1 unspecified atom stereocenters. The van der Waals surface area contributed by atoms with Crippen molar-refractivity contribution in [3.8, 4) is 11.6 Å². The van der Waals surface area contributed by atoms with E-state index in [1.165, 1.54) is 25.0 Å². The van der Waals surface area contributed by atoms with Crippen LogP contribution < -0.4 is 15.4 Å². The number of nitrogens with zero attached hydrogens (tertiary/aromatic N) is 3. The number of hydrogen-bond donors (Lipinski definition) is 2. The standard InChI is InChI=1S/C24H28FN5O2.HI/c1-26-24(29-17-21(22-5-4-14-31-22)30-12-2-3-13-30)28-16-18-6-11-23(27-15-18)32-20-9-7-19(25)8-10-20;/h4-11,14-15,21H,2-3,12-13,16-17H2,1H3,(H2,26,28,29);1H. The van der Waals surface area contributed by atoms with Gasteiger partial charge in [0.15, 0.2) is 5.96 Å². The van der Waals surface area contributed by atoms with Gasteiger partial charge in [-0.05, 0) is 67.9 Å². The first kappa shape index (κ1) is 25.0. The van der Waals surface area contributed by atoms with E-state index in [4.69, 9.17) is 9.15 Å². The molecule has 2 aromatic heterocycles. The number of aliphatic imine (C=N–C) groups is 1. The number of pyridine rings is 1. The van der Waals surface area contributed by atoms with Gasteiger partial charge in [0.1, 0.15) is 17.3 Å². The molecule has 0 amide bonds. The molecular formula is C24H29FIN5O2. The summed E-state index contributed by atoms with van der Waals surface area (Å²) in [6.07, 6.45) is 5.91. The Hall–Kier alpha value is -2.66. The molecule has 1 aliphatic rings. The molecule has 176 valence electrons. The van der Waals surface area contributed by atoms with E-state index in [0.29, 0.717) is 30.7 Å². The number of benzene rings is 1. The molecule has 2 N–H and O–H groups in total. The Labute approximate surface area is 210 Å². The van der Waals surface area contributed by atoms with Gasteiger partial charge in [-0.25, -0.2) is 9.37 Å². The summed E-state index contributed by atoms with van der Waals surface area (Å²) in [6, 6.07) is 13.7. The fraction of sp³-hybridized carbons (Fsp3) is 0.333. The molecule has 1 atom stereocenters. The summed E-state index contributed by atoms with van der Waals surface area (Å²) in [5.74, 6) is 2.38. The summed E-state index contributed by atoms with van der Waals surface area (Å²) in [7, 11) is 1.75. The highest BCUT2D eigenvalue weighted by atomic mass is 127. The van der Waals surface area contributed by atoms with E-state index in [9.17, 15) is 4.39 Å². The average molecular weight is 565 g/mol. The van der Waals surface area contributed by atoms with Crippen molar-refractivity contribution in [3.63, 3.8) is 0 Å². The molecule has 33 heavy (non-hydrogen) atoms. The van der Waals surface area contributed by atoms with Crippen molar-refractivity contribution in [1.29, 1.82) is 0 Å². The van der Waals surface area contributed by atoms with Crippen molar-refractivity contribution < 1.29 is 13.5 Å². The maximum absolute atomic E-state index is 13.0. The van der Waals surface area contributed by atoms with E-state index in [0.717, 1.165) is 24.4 Å². The van der Waals surface area contributed by atoms with Crippen LogP contribution in [0.1, 0.15) is 30.2 Å². The Morgan fingerprint density at radius 2 is 1.94 bits per heavy atom. The largest absolute Gasteiger partial charge is 0.468 e. The van der Waals surface area contributed by atoms with Crippen LogP contribution >= 0.6 is 24.0 Å². The highest BCUT2D eigenvalue weighted by Crippen LogP contribution is 2.25. The molecule has 0 radical (unpaired) electrons. The highest BCUT2D eigenvalue weighted by Gasteiger charge is 2.25. The monoisotopic (exact) mass is 565 g/mol. The summed E-state index contributed by atoms with van der Waals surface area (Å²) < 4.78 is 24.3. The van der Waals surface area contributed by atoms with Crippen LogP contribution in [-0.2, 0) is 6.54 Å². The van der Waals surface area contributed by atoms with Crippen molar-refractivity contribution in [2.24, 2.45) is 4.99 Å². The number of nitrogens with one attached hydrogen (secondary N) is 2. The third-order valence-corrected chi connectivity index (χ3v) is 5.43. The highest BCUT2D eigenvalue weighted by molar-refractivity contribution is 14.0. The van der Waals surface area contributed by atoms with Crippen LogP contribution in [0.2, 0.25) is 0 Å². The van der Waals surface area contributed by atoms with Gasteiger partial charge in [-0.15, -0.1) is 24.0 Å². The molecule has 0 spiro atoms. The fourth-order valence-corrected chi connectivity index (χ4v) is 3.74. The van der Waals surface area contributed by atoms with Gasteiger partial charge in [0.25, 0.3) is 0 Å². The lowest BCUT2D eigenvalue weighted by Gasteiger charge is -2.26. The Morgan fingerprint density at radius 3 is 2.58 bits per heavy atom. The topological polar surface area (TPSA) is 74.9 Å². The van der Waals surface area contributed by atoms with E-state index < -0.39 is 0 Å². The third kappa shape index (κ3) is 7.16. The van der Waals surface area contributed by atoms with Gasteiger partial charge in [-0.2, -0.15) is 0 Å². The molecule has 3 aromatic rings. The second-order valence-corrected chi connectivity index (χ2v) is 7.64. The molecule has 3 heterocycles. The summed E-state index contributed by atoms with van der Waals surface area (Å²) >= 11 is 0. The molecule has 1 aliphatic heterocycles. The number of likely N-dealkylation sites (tertiary alicyclic amines) is 1. The van der Waals surface area contributed by atoms with Gasteiger partial charge < -0.3 is 19.8 Å². The summed E-state index contributed by atoms with van der Waals surface area (Å²) in [4.78, 5) is 11.1. The maximum atomic E-state index is 13.0. The van der Waals surface area contributed by atoms with E-state index in [-0.39, 0.29) is 35.8 Å². The van der Waals surface area contributed by atoms with Crippen molar-refractivity contribution in [2.45, 2.75) is 25.4 Å². The van der Waals surface area contributed by atoms with Crippen LogP contribution in [0.4, 0.5) is 4.39 Å². The van der Waals surface area contributed by atoms with Crippen molar-refractivity contribution >= 4 is 29.9 Å². The quantitative estimate of drug-likeness (QED) is 0.234. The molecule has 0 bridgehead atoms. The minimum atomic E-state index is -0.301. The van der Waals surface area contributed by atoms with Crippen LogP contribution in [0, 0.1) is 5.82 Å². The molecule has 9 heteroatoms. The first-order valence-electron chi connectivity index (χ1n) is 10.8. The third-order valence-electron chi connectivity index (χ3n) is 5.43. The van der Waals surface area contributed by atoms with Gasteiger partial charge in [0.2, 0.25) is 5.88 Å². The van der Waals surface area contributed by atoms with Crippen molar-refractivity contribution in [3.05, 3.63) is 78.1 Å². The summed E-state index contributed by atoms with van der Waals surface area (Å²) in [5.41, 5.74) is 0.988. The lowest BCUT2D eigenvalue weighted by molar-refractivity contribution is 0.215. The molecule has 7 nitrogen and oxygen atoms in total. The Bertz CT molecular complexity index is 991. The van der Waals surface area contributed by atoms with Crippen LogP contribution in [0.5, 0.6) is 11.6 Å². The molecule has 1 aromatic carbocycles. The van der Waals surface area contributed by atoms with E-state index in [1.54, 1.807) is 37.7 Å². The van der Waals surface area contributed by atoms with Crippen molar-refractivity contribution in [2.75, 3.05) is 26.7 Å². The number of aromatic nitrogens is 1. The number of furan rings is 1. The first-order valence-corrected chi connectivity index (χ1v) is 10.8. The average Bonchev–Trinajstić information content (AvgIpc) is 3.54. The minimum Gasteiger partial charge on any atom is -0.468 e. The molecule has 1 saturated heterocycles. The number of rotatable bonds is 8. The smallest absolute Gasteiger partial charge is 0.219 e. The van der Waals surface area contributed by atoms with Gasteiger partial charge in [0, 0.05) is 32.4 Å². The summed E-state index contributed by atoms with van der Waals surface area (Å²) in [6.45, 7) is 3.43. The second-order valence-electron chi connectivity index (χ2n) is 7.64. The van der Waals surface area contributed by atoms with Gasteiger partial charge in [0.05, 0.1) is 12.3 Å². The predicted molar refractivity (Wildman–Crippen MR) is 137 cm³/mol. The fourth-order valence-electron chi connectivity index (χ4n) is 3.74. The number of halogens is 2. The lowest BCUT2D eigenvalue weighted by atomic mass is 10.2. The van der Waals surface area contributed by atoms with Crippen molar-refractivity contribution in [1.82, 2.24) is 20.5 Å². The van der Waals surface area contributed by atoms with Gasteiger partial charge in [-0.3, -0.25) is 9.89 Å². The Balaban J connectivity index is 0.00000306. The SMILES string of the molecule is CN=C(NCc1ccc(Oc2ccc(F)cc2)nc1)NCC(c1ccco1)N1CCCC1.I. The zero-order valence-corrected chi connectivity index (χ0v) is 20.9. The zero-order valence-electron chi connectivity index (χ0n) is 18.5. The molecule has 4 rings (SSSR count). The number of guanidine groups is 1. The molecule has 1 fully saturated rings. The second kappa shape index (κ2) is 12.5. The molecular weight excluding hydrogens is 536 g/mol. The minimum absolute atomic E-state index is 0. The van der Waals surface area contributed by atoms with E-state index >= 15 is 0 Å². The zero-order chi connectivity index (χ0) is 22.2. The van der Waals surface area contributed by atoms with E-state index in [1.807, 2.05) is 18.2 Å². The Morgan fingerprint density at radius 1 is 1.15 bits per heavy atom. The normalized spacial score (nSPS) is 15.0. The van der Waals surface area contributed by atoms with Gasteiger partial charge in [-0.1, -0.05) is 6.07 Å². The molecule has 0 aliphatic carbocycles. The van der Waals surface area contributed by atoms with Crippen LogP contribution in [0.15, 0.2) is 70.4 Å². The number of ether oxygens (including phenoxy) is 1. The van der Waals surface area contributed by atoms with Crippen LogP contribution in [0.25, 0.3) is 0 Å². The lowest BCUT2D eigenvalue weighted by Crippen LogP contribution is -2.42.